The number of halogens is 2. The van der Waals surface area contributed by atoms with Crippen LogP contribution in [0.15, 0.2) is 18.2 Å². The second-order valence-electron chi connectivity index (χ2n) is 4.67. The Kier molecular flexibility index (Phi) is 4.42. The Morgan fingerprint density at radius 2 is 1.62 bits per heavy atom. The summed E-state index contributed by atoms with van der Waals surface area (Å²) in [6, 6.07) is 3.89. The van der Waals surface area contributed by atoms with Crippen molar-refractivity contribution >= 4 is 0 Å². The van der Waals surface area contributed by atoms with E-state index in [0.29, 0.717) is 12.3 Å². The Hall–Kier alpha value is -0.960. The van der Waals surface area contributed by atoms with Gasteiger partial charge in [0.25, 0.3) is 0 Å². The standard InChI is InChI=1S/C13H19F2N/c1-8(2)10(9(3)16)7-11-12(14)5-4-6-13(11)15/h4-6,8-10H,7,16H2,1-3H3. The topological polar surface area (TPSA) is 26.0 Å². The predicted octanol–water partition coefficient (Wildman–Crippen LogP) is 3.13. The average Bonchev–Trinajstić information content (AvgIpc) is 2.15. The van der Waals surface area contributed by atoms with Crippen LogP contribution in [0.5, 0.6) is 0 Å². The number of hydrogen-bond acceptors (Lipinski definition) is 1. The van der Waals surface area contributed by atoms with Crippen LogP contribution in [0, 0.1) is 23.5 Å². The highest BCUT2D eigenvalue weighted by Gasteiger charge is 2.21. The monoisotopic (exact) mass is 227 g/mol. The van der Waals surface area contributed by atoms with Gasteiger partial charge < -0.3 is 5.73 Å². The van der Waals surface area contributed by atoms with Crippen LogP contribution in [0.1, 0.15) is 26.3 Å². The first-order chi connectivity index (χ1) is 7.43. The molecule has 1 aromatic rings. The third-order valence-electron chi connectivity index (χ3n) is 3.03. The summed E-state index contributed by atoms with van der Waals surface area (Å²) in [6.07, 6.45) is 0.355. The lowest BCUT2D eigenvalue weighted by Crippen LogP contribution is -2.32. The molecule has 16 heavy (non-hydrogen) atoms. The Bertz CT molecular complexity index is 320. The molecule has 1 nitrogen and oxygen atoms in total. The molecule has 2 atom stereocenters. The second-order valence-corrected chi connectivity index (χ2v) is 4.67. The van der Waals surface area contributed by atoms with Crippen molar-refractivity contribution in [2.75, 3.05) is 0 Å². The van der Waals surface area contributed by atoms with E-state index in [4.69, 9.17) is 5.73 Å². The summed E-state index contributed by atoms with van der Waals surface area (Å²) in [6.45, 7) is 5.92. The summed E-state index contributed by atoms with van der Waals surface area (Å²) in [5.74, 6) is -0.567. The zero-order valence-corrected chi connectivity index (χ0v) is 10.0. The third-order valence-corrected chi connectivity index (χ3v) is 3.03. The summed E-state index contributed by atoms with van der Waals surface area (Å²) in [5.41, 5.74) is 5.99. The van der Waals surface area contributed by atoms with Gasteiger partial charge in [0.15, 0.2) is 0 Å². The first-order valence-corrected chi connectivity index (χ1v) is 5.62. The molecule has 3 heteroatoms. The normalized spacial score (nSPS) is 15.2. The predicted molar refractivity (Wildman–Crippen MR) is 62.0 cm³/mol. The van der Waals surface area contributed by atoms with Gasteiger partial charge in [-0.15, -0.1) is 0 Å². The van der Waals surface area contributed by atoms with Crippen LogP contribution in [-0.4, -0.2) is 6.04 Å². The largest absolute Gasteiger partial charge is 0.328 e. The van der Waals surface area contributed by atoms with E-state index in [9.17, 15) is 8.78 Å². The van der Waals surface area contributed by atoms with Crippen LogP contribution >= 0.6 is 0 Å². The van der Waals surface area contributed by atoms with E-state index < -0.39 is 11.6 Å². The highest BCUT2D eigenvalue weighted by Crippen LogP contribution is 2.23. The minimum atomic E-state index is -0.480. The molecule has 0 amide bonds. The van der Waals surface area contributed by atoms with E-state index in [1.165, 1.54) is 18.2 Å². The molecule has 0 spiro atoms. The quantitative estimate of drug-likeness (QED) is 0.840. The van der Waals surface area contributed by atoms with Gasteiger partial charge in [-0.2, -0.15) is 0 Å². The Balaban J connectivity index is 2.94. The molecule has 0 saturated carbocycles. The van der Waals surface area contributed by atoms with Crippen molar-refractivity contribution in [1.29, 1.82) is 0 Å². The Morgan fingerprint density at radius 1 is 1.12 bits per heavy atom. The molecular formula is C13H19F2N. The molecule has 0 aromatic heterocycles. The Morgan fingerprint density at radius 3 is 2.00 bits per heavy atom. The van der Waals surface area contributed by atoms with E-state index in [1.54, 1.807) is 0 Å². The van der Waals surface area contributed by atoms with E-state index >= 15 is 0 Å². The summed E-state index contributed by atoms with van der Waals surface area (Å²) in [5, 5.41) is 0. The molecule has 2 N–H and O–H groups in total. The van der Waals surface area contributed by atoms with Crippen LogP contribution < -0.4 is 5.73 Å². The molecule has 2 unspecified atom stereocenters. The third kappa shape index (κ3) is 3.01. The molecule has 90 valence electrons. The van der Waals surface area contributed by atoms with Gasteiger partial charge in [-0.25, -0.2) is 8.78 Å². The van der Waals surface area contributed by atoms with E-state index in [-0.39, 0.29) is 17.5 Å². The molecule has 0 saturated heterocycles. The van der Waals surface area contributed by atoms with Gasteiger partial charge in [0.05, 0.1) is 0 Å². The van der Waals surface area contributed by atoms with Gasteiger partial charge in [-0.05, 0) is 37.3 Å². The Labute approximate surface area is 95.7 Å². The average molecular weight is 227 g/mol. The highest BCUT2D eigenvalue weighted by molar-refractivity contribution is 5.20. The smallest absolute Gasteiger partial charge is 0.129 e. The molecule has 0 aliphatic rings. The lowest BCUT2D eigenvalue weighted by atomic mass is 9.84. The van der Waals surface area contributed by atoms with Gasteiger partial charge in [-0.1, -0.05) is 19.9 Å². The SMILES string of the molecule is CC(C)C(Cc1c(F)cccc1F)C(C)N. The second kappa shape index (κ2) is 5.39. The molecule has 0 heterocycles. The van der Waals surface area contributed by atoms with Crippen molar-refractivity contribution < 1.29 is 8.78 Å². The number of benzene rings is 1. The fraction of sp³-hybridized carbons (Fsp3) is 0.538. The first kappa shape index (κ1) is 13.1. The van der Waals surface area contributed by atoms with Crippen molar-refractivity contribution in [1.82, 2.24) is 0 Å². The van der Waals surface area contributed by atoms with Crippen molar-refractivity contribution in [3.8, 4) is 0 Å². The fourth-order valence-electron chi connectivity index (χ4n) is 1.99. The minimum Gasteiger partial charge on any atom is -0.328 e. The van der Waals surface area contributed by atoms with Crippen LogP contribution in [0.4, 0.5) is 8.78 Å². The summed E-state index contributed by atoms with van der Waals surface area (Å²) in [7, 11) is 0. The molecule has 0 radical (unpaired) electrons. The van der Waals surface area contributed by atoms with E-state index in [0.717, 1.165) is 0 Å². The molecule has 1 rings (SSSR count). The molecule has 0 fully saturated rings. The van der Waals surface area contributed by atoms with Crippen molar-refractivity contribution in [2.45, 2.75) is 33.2 Å². The highest BCUT2D eigenvalue weighted by atomic mass is 19.1. The maximum Gasteiger partial charge on any atom is 0.129 e. The summed E-state index contributed by atoms with van der Waals surface area (Å²) < 4.78 is 26.9. The van der Waals surface area contributed by atoms with Gasteiger partial charge in [0.2, 0.25) is 0 Å². The van der Waals surface area contributed by atoms with Gasteiger partial charge in [0, 0.05) is 11.6 Å². The van der Waals surface area contributed by atoms with E-state index in [1.807, 2.05) is 20.8 Å². The molecule has 0 aliphatic heterocycles. The van der Waals surface area contributed by atoms with Crippen molar-refractivity contribution in [3.05, 3.63) is 35.4 Å². The van der Waals surface area contributed by atoms with Crippen LogP contribution in [0.25, 0.3) is 0 Å². The zero-order valence-electron chi connectivity index (χ0n) is 10.0. The lowest BCUT2D eigenvalue weighted by molar-refractivity contribution is 0.322. The molecular weight excluding hydrogens is 208 g/mol. The van der Waals surface area contributed by atoms with Crippen molar-refractivity contribution in [3.63, 3.8) is 0 Å². The fourth-order valence-corrected chi connectivity index (χ4v) is 1.99. The minimum absolute atomic E-state index is 0.0704. The van der Waals surface area contributed by atoms with Gasteiger partial charge in [-0.3, -0.25) is 0 Å². The van der Waals surface area contributed by atoms with Crippen molar-refractivity contribution in [2.24, 2.45) is 17.6 Å². The van der Waals surface area contributed by atoms with E-state index in [2.05, 4.69) is 0 Å². The lowest BCUT2D eigenvalue weighted by Gasteiger charge is -2.25. The molecule has 1 aromatic carbocycles. The van der Waals surface area contributed by atoms with Gasteiger partial charge in [0.1, 0.15) is 11.6 Å². The maximum absolute atomic E-state index is 13.5. The zero-order chi connectivity index (χ0) is 12.3. The van der Waals surface area contributed by atoms with Crippen LogP contribution in [-0.2, 0) is 6.42 Å². The number of rotatable bonds is 4. The molecule has 0 aliphatic carbocycles. The summed E-state index contributed by atoms with van der Waals surface area (Å²) >= 11 is 0. The number of hydrogen-bond donors (Lipinski definition) is 1. The summed E-state index contributed by atoms with van der Waals surface area (Å²) in [4.78, 5) is 0. The number of nitrogens with two attached hydrogens (primary N) is 1. The first-order valence-electron chi connectivity index (χ1n) is 5.62. The molecule has 0 bridgehead atoms. The van der Waals surface area contributed by atoms with Gasteiger partial charge >= 0.3 is 0 Å². The maximum atomic E-state index is 13.5. The van der Waals surface area contributed by atoms with Crippen LogP contribution in [0.3, 0.4) is 0 Å². The van der Waals surface area contributed by atoms with Crippen LogP contribution in [0.2, 0.25) is 0 Å².